The Balaban J connectivity index is 1.70. The van der Waals surface area contributed by atoms with Crippen LogP contribution in [0.5, 0.6) is 5.75 Å². The lowest BCUT2D eigenvalue weighted by Crippen LogP contribution is -2.53. The van der Waals surface area contributed by atoms with Crippen molar-refractivity contribution in [1.29, 1.82) is 0 Å². The van der Waals surface area contributed by atoms with Gasteiger partial charge in [0.15, 0.2) is 0 Å². The van der Waals surface area contributed by atoms with E-state index in [4.69, 9.17) is 16.3 Å². The zero-order chi connectivity index (χ0) is 30.3. The number of aryl methyl sites for hydroxylation is 1. The van der Waals surface area contributed by atoms with Crippen LogP contribution in [0, 0.1) is 6.92 Å². The number of nitrogens with zero attached hydrogens (tertiary/aromatic N) is 2. The number of carbonyl (C=O) groups is 2. The van der Waals surface area contributed by atoms with E-state index in [0.717, 1.165) is 42.0 Å². The normalized spacial score (nSPS) is 14.6. The van der Waals surface area contributed by atoms with E-state index < -0.39 is 28.5 Å². The average molecular weight is 612 g/mol. The molecule has 1 aliphatic carbocycles. The molecule has 0 spiro atoms. The predicted octanol–water partition coefficient (Wildman–Crippen LogP) is 5.72. The van der Waals surface area contributed by atoms with Crippen molar-refractivity contribution >= 4 is 39.1 Å². The molecule has 1 N–H and O–H groups in total. The van der Waals surface area contributed by atoms with Gasteiger partial charge in [0, 0.05) is 17.6 Å². The monoisotopic (exact) mass is 611 g/mol. The molecule has 224 valence electrons. The number of benzene rings is 3. The Hall–Kier alpha value is -3.56. The number of halogens is 1. The smallest absolute Gasteiger partial charge is 0.264 e. The summed E-state index contributed by atoms with van der Waals surface area (Å²) >= 11 is 6.18. The molecule has 42 heavy (non-hydrogen) atoms. The van der Waals surface area contributed by atoms with Crippen LogP contribution >= 0.6 is 11.6 Å². The average Bonchev–Trinajstić information content (AvgIpc) is 2.99. The summed E-state index contributed by atoms with van der Waals surface area (Å²) in [7, 11) is -2.59. The fraction of sp³-hybridized carbons (Fsp3) is 0.375. The van der Waals surface area contributed by atoms with Crippen LogP contribution in [-0.4, -0.2) is 50.9 Å². The van der Waals surface area contributed by atoms with Crippen LogP contribution in [0.25, 0.3) is 0 Å². The van der Waals surface area contributed by atoms with Crippen molar-refractivity contribution in [2.45, 2.75) is 69.5 Å². The molecule has 1 aliphatic rings. The number of rotatable bonds is 11. The number of sulfonamides is 1. The highest BCUT2D eigenvalue weighted by molar-refractivity contribution is 7.92. The topological polar surface area (TPSA) is 96.0 Å². The van der Waals surface area contributed by atoms with Crippen LogP contribution in [0.2, 0.25) is 5.02 Å². The fourth-order valence-corrected chi connectivity index (χ4v) is 6.98. The number of amides is 2. The van der Waals surface area contributed by atoms with Gasteiger partial charge in [-0.15, -0.1) is 0 Å². The van der Waals surface area contributed by atoms with Crippen LogP contribution in [0.4, 0.5) is 5.69 Å². The van der Waals surface area contributed by atoms with E-state index in [0.29, 0.717) is 22.0 Å². The van der Waals surface area contributed by atoms with E-state index >= 15 is 0 Å². The molecule has 0 aromatic heterocycles. The zero-order valence-electron chi connectivity index (χ0n) is 24.3. The molecule has 8 nitrogen and oxygen atoms in total. The summed E-state index contributed by atoms with van der Waals surface area (Å²) in [6.45, 7) is 3.01. The highest BCUT2D eigenvalue weighted by atomic mass is 35.5. The van der Waals surface area contributed by atoms with Crippen LogP contribution in [0.3, 0.4) is 0 Å². The van der Waals surface area contributed by atoms with Gasteiger partial charge in [-0.3, -0.25) is 13.9 Å². The Bertz CT molecular complexity index is 1490. The van der Waals surface area contributed by atoms with Crippen LogP contribution in [0.15, 0.2) is 77.7 Å². The first-order valence-electron chi connectivity index (χ1n) is 14.2. The second-order valence-corrected chi connectivity index (χ2v) is 12.9. The molecule has 0 heterocycles. The second-order valence-electron chi connectivity index (χ2n) is 10.6. The van der Waals surface area contributed by atoms with Crippen molar-refractivity contribution < 1.29 is 22.7 Å². The number of hydrogen-bond acceptors (Lipinski definition) is 5. The number of hydrogen-bond donors (Lipinski definition) is 1. The summed E-state index contributed by atoms with van der Waals surface area (Å²) in [5.74, 6) is -0.166. The third-order valence-electron chi connectivity index (χ3n) is 7.64. The van der Waals surface area contributed by atoms with Gasteiger partial charge in [0.2, 0.25) is 11.8 Å². The largest absolute Gasteiger partial charge is 0.497 e. The van der Waals surface area contributed by atoms with Crippen molar-refractivity contribution in [2.24, 2.45) is 0 Å². The fourth-order valence-electron chi connectivity index (χ4n) is 5.25. The maximum atomic E-state index is 14.2. The van der Waals surface area contributed by atoms with E-state index in [1.54, 1.807) is 69.5 Å². The summed E-state index contributed by atoms with van der Waals surface area (Å²) in [5.41, 5.74) is 1.68. The zero-order valence-corrected chi connectivity index (χ0v) is 25.8. The molecule has 2 amide bonds. The van der Waals surface area contributed by atoms with Crippen LogP contribution < -0.4 is 14.4 Å². The van der Waals surface area contributed by atoms with Crippen molar-refractivity contribution in [3.63, 3.8) is 0 Å². The molecular weight excluding hydrogens is 574 g/mol. The van der Waals surface area contributed by atoms with Gasteiger partial charge in [-0.2, -0.15) is 0 Å². The molecule has 0 saturated heterocycles. The van der Waals surface area contributed by atoms with E-state index in [1.807, 2.05) is 12.1 Å². The summed E-state index contributed by atoms with van der Waals surface area (Å²) in [4.78, 5) is 29.1. The second kappa shape index (κ2) is 14.1. The summed E-state index contributed by atoms with van der Waals surface area (Å²) < 4.78 is 34.4. The van der Waals surface area contributed by atoms with Crippen molar-refractivity contribution in [3.05, 3.63) is 88.9 Å². The molecule has 3 aromatic rings. The molecule has 1 atom stereocenters. The summed E-state index contributed by atoms with van der Waals surface area (Å²) in [6, 6.07) is 19.3. The van der Waals surface area contributed by atoms with Crippen molar-refractivity contribution in [2.75, 3.05) is 18.0 Å². The molecule has 0 aliphatic heterocycles. The maximum absolute atomic E-state index is 14.2. The molecule has 3 aromatic carbocycles. The van der Waals surface area contributed by atoms with Gasteiger partial charge >= 0.3 is 0 Å². The lowest BCUT2D eigenvalue weighted by Gasteiger charge is -2.33. The number of methoxy groups -OCH3 is 1. The molecule has 1 saturated carbocycles. The minimum absolute atomic E-state index is 0.0505. The van der Waals surface area contributed by atoms with Gasteiger partial charge < -0.3 is 15.0 Å². The lowest BCUT2D eigenvalue weighted by atomic mass is 9.95. The van der Waals surface area contributed by atoms with Crippen molar-refractivity contribution in [3.8, 4) is 5.75 Å². The first-order chi connectivity index (χ1) is 20.1. The van der Waals surface area contributed by atoms with Gasteiger partial charge in [-0.1, -0.05) is 61.2 Å². The molecule has 4 rings (SSSR count). The third kappa shape index (κ3) is 7.63. The van der Waals surface area contributed by atoms with Gasteiger partial charge in [-0.25, -0.2) is 8.42 Å². The van der Waals surface area contributed by atoms with Crippen molar-refractivity contribution in [1.82, 2.24) is 10.2 Å². The van der Waals surface area contributed by atoms with E-state index in [9.17, 15) is 18.0 Å². The SMILES string of the molecule is COc1cccc(CN(C(=O)CN(c2ccc(Cl)cc2C)S(=O)(=O)c2ccccc2)[C@@H](C)C(=O)NC2CCCCC2)c1. The number of anilines is 1. The quantitative estimate of drug-likeness (QED) is 0.299. The Labute approximate surface area is 253 Å². The molecule has 0 radical (unpaired) electrons. The Morgan fingerprint density at radius 3 is 2.38 bits per heavy atom. The van der Waals surface area contributed by atoms with Gasteiger partial charge in [0.1, 0.15) is 18.3 Å². The number of carbonyl (C=O) groups excluding carboxylic acids is 2. The van der Waals surface area contributed by atoms with Gasteiger partial charge in [0.25, 0.3) is 10.0 Å². The lowest BCUT2D eigenvalue weighted by molar-refractivity contribution is -0.139. The molecule has 0 bridgehead atoms. The Kier molecular flexibility index (Phi) is 10.5. The van der Waals surface area contributed by atoms with E-state index in [-0.39, 0.29) is 23.4 Å². The maximum Gasteiger partial charge on any atom is 0.264 e. The van der Waals surface area contributed by atoms with Crippen LogP contribution in [0.1, 0.15) is 50.2 Å². The predicted molar refractivity (Wildman–Crippen MR) is 165 cm³/mol. The minimum Gasteiger partial charge on any atom is -0.497 e. The number of ether oxygens (including phenoxy) is 1. The highest BCUT2D eigenvalue weighted by Crippen LogP contribution is 2.29. The van der Waals surface area contributed by atoms with Crippen LogP contribution in [-0.2, 0) is 26.2 Å². The summed E-state index contributed by atoms with van der Waals surface area (Å²) in [6.07, 6.45) is 5.07. The number of nitrogens with one attached hydrogen (secondary N) is 1. The molecule has 10 heteroatoms. The minimum atomic E-state index is -4.15. The first kappa shape index (κ1) is 31.4. The molecule has 0 unspecified atom stereocenters. The van der Waals surface area contributed by atoms with E-state index in [2.05, 4.69) is 5.32 Å². The Morgan fingerprint density at radius 1 is 1.00 bits per heavy atom. The summed E-state index contributed by atoms with van der Waals surface area (Å²) in [5, 5.41) is 3.57. The third-order valence-corrected chi connectivity index (χ3v) is 9.65. The van der Waals surface area contributed by atoms with Gasteiger partial charge in [-0.05, 0) is 80.3 Å². The standard InChI is InChI=1S/C32H38ClN3O5S/c1-23-19-26(33)17-18-30(23)36(42(39,40)29-15-8-5-9-16-29)22-31(37)35(21-25-11-10-14-28(20-25)41-3)24(2)32(38)34-27-12-6-4-7-13-27/h5,8-11,14-20,24,27H,4,6-7,12-13,21-22H2,1-3H3,(H,34,38)/t24-/m0/s1. The van der Waals surface area contributed by atoms with Gasteiger partial charge in [0.05, 0.1) is 17.7 Å². The molecule has 1 fully saturated rings. The molecular formula is C32H38ClN3O5S. The van der Waals surface area contributed by atoms with E-state index in [1.165, 1.54) is 17.0 Å². The first-order valence-corrected chi connectivity index (χ1v) is 16.0. The Morgan fingerprint density at radius 2 is 1.71 bits per heavy atom. The highest BCUT2D eigenvalue weighted by Gasteiger charge is 2.33.